The van der Waals surface area contributed by atoms with Crippen LogP contribution < -0.4 is 4.74 Å². The number of benzene rings is 1. The molecule has 0 aromatic heterocycles. The van der Waals surface area contributed by atoms with Crippen LogP contribution in [-0.2, 0) is 4.79 Å². The summed E-state index contributed by atoms with van der Waals surface area (Å²) in [5, 5.41) is 9.48. The Kier molecular flexibility index (Phi) is 4.93. The molecular weight excluding hydrogens is 318 g/mol. The summed E-state index contributed by atoms with van der Waals surface area (Å²) in [5.41, 5.74) is -0.216. The molecule has 1 saturated heterocycles. The molecule has 1 aliphatic carbocycles. The minimum atomic E-state index is -0.831. The first-order chi connectivity index (χ1) is 12.1. The zero-order valence-electron chi connectivity index (χ0n) is 14.5. The fourth-order valence-corrected chi connectivity index (χ4v) is 3.68. The molecule has 0 bridgehead atoms. The molecule has 0 radical (unpaired) electrons. The molecule has 3 rings (SSSR count). The average molecular weight is 341 g/mol. The first kappa shape index (κ1) is 17.3. The van der Waals surface area contributed by atoms with Gasteiger partial charge < -0.3 is 14.5 Å². The number of piperazine rings is 1. The van der Waals surface area contributed by atoms with E-state index in [4.69, 9.17) is 4.74 Å². The molecule has 1 heterocycles. The highest BCUT2D eigenvalue weighted by atomic mass is 16.5. The van der Waals surface area contributed by atoms with Gasteiger partial charge in [0.2, 0.25) is 5.91 Å². The number of rotatable bonds is 3. The van der Waals surface area contributed by atoms with Crippen LogP contribution in [0.3, 0.4) is 0 Å². The van der Waals surface area contributed by atoms with Crippen molar-refractivity contribution in [3.05, 3.63) is 29.8 Å². The maximum atomic E-state index is 12.8. The molecule has 0 N–H and O–H groups in total. The van der Waals surface area contributed by atoms with Crippen LogP contribution in [0, 0.1) is 16.7 Å². The maximum absolute atomic E-state index is 12.8. The number of nitriles is 1. The monoisotopic (exact) mass is 341 g/mol. The van der Waals surface area contributed by atoms with Crippen LogP contribution in [0.2, 0.25) is 0 Å². The van der Waals surface area contributed by atoms with E-state index in [1.807, 2.05) is 0 Å². The number of hydrogen-bond donors (Lipinski definition) is 0. The lowest BCUT2D eigenvalue weighted by atomic mass is 9.86. The minimum Gasteiger partial charge on any atom is -0.497 e. The fourth-order valence-electron chi connectivity index (χ4n) is 3.68. The van der Waals surface area contributed by atoms with Crippen LogP contribution in [-0.4, -0.2) is 54.9 Å². The maximum Gasteiger partial charge on any atom is 0.253 e. The molecule has 2 amide bonds. The Morgan fingerprint density at radius 3 is 2.12 bits per heavy atom. The lowest BCUT2D eigenvalue weighted by Crippen LogP contribution is -2.53. The van der Waals surface area contributed by atoms with Crippen molar-refractivity contribution in [2.75, 3.05) is 33.3 Å². The molecule has 132 valence electrons. The second kappa shape index (κ2) is 7.14. The molecule has 0 atom stereocenters. The van der Waals surface area contributed by atoms with Gasteiger partial charge in [-0.05, 0) is 37.1 Å². The Morgan fingerprint density at radius 1 is 1.04 bits per heavy atom. The SMILES string of the molecule is COc1ccc(C(=O)N2CCN(C(=O)C3(C#N)CCCC3)CC2)cc1. The van der Waals surface area contributed by atoms with E-state index in [-0.39, 0.29) is 11.8 Å². The van der Waals surface area contributed by atoms with E-state index in [2.05, 4.69) is 6.07 Å². The summed E-state index contributed by atoms with van der Waals surface area (Å²) in [7, 11) is 1.59. The van der Waals surface area contributed by atoms with Crippen LogP contribution in [0.1, 0.15) is 36.0 Å². The van der Waals surface area contributed by atoms with Crippen LogP contribution in [0.15, 0.2) is 24.3 Å². The van der Waals surface area contributed by atoms with Crippen LogP contribution in [0.25, 0.3) is 0 Å². The molecule has 2 aliphatic rings. The summed E-state index contributed by atoms with van der Waals surface area (Å²) >= 11 is 0. The largest absolute Gasteiger partial charge is 0.497 e. The van der Waals surface area contributed by atoms with Crippen LogP contribution in [0.5, 0.6) is 5.75 Å². The zero-order valence-corrected chi connectivity index (χ0v) is 14.5. The Morgan fingerprint density at radius 2 is 1.60 bits per heavy atom. The number of nitrogens with zero attached hydrogens (tertiary/aromatic N) is 3. The highest BCUT2D eigenvalue weighted by molar-refractivity contribution is 5.94. The number of methoxy groups -OCH3 is 1. The summed E-state index contributed by atoms with van der Waals surface area (Å²) < 4.78 is 5.11. The van der Waals surface area contributed by atoms with E-state index in [1.54, 1.807) is 41.2 Å². The van der Waals surface area contributed by atoms with Gasteiger partial charge in [-0.1, -0.05) is 12.8 Å². The lowest BCUT2D eigenvalue weighted by Gasteiger charge is -2.37. The van der Waals surface area contributed by atoms with Crippen LogP contribution >= 0.6 is 0 Å². The number of ether oxygens (including phenoxy) is 1. The quantitative estimate of drug-likeness (QED) is 0.843. The lowest BCUT2D eigenvalue weighted by molar-refractivity contribution is -0.140. The standard InChI is InChI=1S/C19H23N3O3/c1-25-16-6-4-15(5-7-16)17(23)21-10-12-22(13-11-21)18(24)19(14-20)8-2-3-9-19/h4-7H,2-3,8-13H2,1H3. The average Bonchev–Trinajstić information content (AvgIpc) is 3.17. The Bertz CT molecular complexity index is 679. The molecule has 6 nitrogen and oxygen atoms in total. The number of amides is 2. The molecule has 1 saturated carbocycles. The van der Waals surface area contributed by atoms with Gasteiger partial charge in [-0.3, -0.25) is 9.59 Å². The summed E-state index contributed by atoms with van der Waals surface area (Å²) in [5.74, 6) is 0.625. The van der Waals surface area contributed by atoms with Crippen molar-refractivity contribution in [2.45, 2.75) is 25.7 Å². The molecule has 1 aliphatic heterocycles. The third-order valence-corrected chi connectivity index (χ3v) is 5.27. The highest BCUT2D eigenvalue weighted by Crippen LogP contribution is 2.39. The highest BCUT2D eigenvalue weighted by Gasteiger charge is 2.44. The first-order valence-corrected chi connectivity index (χ1v) is 8.73. The minimum absolute atomic E-state index is 0.0365. The summed E-state index contributed by atoms with van der Waals surface area (Å²) in [6.07, 6.45) is 3.20. The summed E-state index contributed by atoms with van der Waals surface area (Å²) in [6.45, 7) is 1.98. The van der Waals surface area contributed by atoms with Gasteiger partial charge in [-0.15, -0.1) is 0 Å². The Hall–Kier alpha value is -2.55. The van der Waals surface area contributed by atoms with Gasteiger partial charge in [-0.2, -0.15) is 5.26 Å². The van der Waals surface area contributed by atoms with Gasteiger partial charge in [0.1, 0.15) is 11.2 Å². The van der Waals surface area contributed by atoms with Crippen molar-refractivity contribution in [3.8, 4) is 11.8 Å². The van der Waals surface area contributed by atoms with Crippen LogP contribution in [0.4, 0.5) is 0 Å². The first-order valence-electron chi connectivity index (χ1n) is 8.73. The van der Waals surface area contributed by atoms with E-state index in [0.717, 1.165) is 12.8 Å². The van der Waals surface area contributed by atoms with Crippen molar-refractivity contribution in [1.29, 1.82) is 5.26 Å². The van der Waals surface area contributed by atoms with Gasteiger partial charge in [0, 0.05) is 31.7 Å². The van der Waals surface area contributed by atoms with Gasteiger partial charge in [0.15, 0.2) is 0 Å². The van der Waals surface area contributed by atoms with E-state index in [0.29, 0.717) is 50.3 Å². The van der Waals surface area contributed by atoms with Crippen molar-refractivity contribution in [1.82, 2.24) is 9.80 Å². The van der Waals surface area contributed by atoms with E-state index in [1.165, 1.54) is 0 Å². The Labute approximate surface area is 148 Å². The van der Waals surface area contributed by atoms with E-state index < -0.39 is 5.41 Å². The smallest absolute Gasteiger partial charge is 0.253 e. The van der Waals surface area contributed by atoms with Gasteiger partial charge in [0.05, 0.1) is 13.2 Å². The predicted octanol–water partition coefficient (Wildman–Crippen LogP) is 2.06. The number of hydrogen-bond acceptors (Lipinski definition) is 4. The third kappa shape index (κ3) is 3.32. The Balaban J connectivity index is 1.60. The topological polar surface area (TPSA) is 73.6 Å². The molecule has 0 unspecified atom stereocenters. The van der Waals surface area contributed by atoms with Crippen molar-refractivity contribution in [2.24, 2.45) is 5.41 Å². The van der Waals surface area contributed by atoms with Crippen molar-refractivity contribution < 1.29 is 14.3 Å². The summed E-state index contributed by atoms with van der Waals surface area (Å²) in [4.78, 5) is 28.9. The zero-order chi connectivity index (χ0) is 17.9. The van der Waals surface area contributed by atoms with Crippen molar-refractivity contribution >= 4 is 11.8 Å². The fraction of sp³-hybridized carbons (Fsp3) is 0.526. The third-order valence-electron chi connectivity index (χ3n) is 5.27. The van der Waals surface area contributed by atoms with E-state index in [9.17, 15) is 14.9 Å². The molecular formula is C19H23N3O3. The molecule has 2 fully saturated rings. The van der Waals surface area contributed by atoms with Gasteiger partial charge >= 0.3 is 0 Å². The number of carbonyl (C=O) groups is 2. The second-order valence-corrected chi connectivity index (χ2v) is 6.71. The summed E-state index contributed by atoms with van der Waals surface area (Å²) in [6, 6.07) is 9.30. The van der Waals surface area contributed by atoms with E-state index >= 15 is 0 Å². The second-order valence-electron chi connectivity index (χ2n) is 6.71. The molecule has 25 heavy (non-hydrogen) atoms. The molecule has 1 aromatic rings. The van der Waals surface area contributed by atoms with Crippen molar-refractivity contribution in [3.63, 3.8) is 0 Å². The van der Waals surface area contributed by atoms with Gasteiger partial charge in [-0.25, -0.2) is 0 Å². The normalized spacial score (nSPS) is 19.4. The van der Waals surface area contributed by atoms with Gasteiger partial charge in [0.25, 0.3) is 5.91 Å². The molecule has 0 spiro atoms. The predicted molar refractivity (Wildman–Crippen MR) is 92.0 cm³/mol. The molecule has 1 aromatic carbocycles. The molecule has 6 heteroatoms. The number of carbonyl (C=O) groups excluding carboxylic acids is 2.